The highest BCUT2D eigenvalue weighted by atomic mass is 16.6. The molecule has 0 fully saturated rings. The van der Waals surface area contributed by atoms with E-state index in [1.807, 2.05) is 24.3 Å². The van der Waals surface area contributed by atoms with Crippen molar-refractivity contribution < 1.29 is 4.92 Å². The molecule has 0 radical (unpaired) electrons. The molecule has 4 heteroatoms. The van der Waals surface area contributed by atoms with Gasteiger partial charge in [-0.05, 0) is 27.1 Å². The molecule has 78 valence electrons. The predicted molar refractivity (Wildman–Crippen MR) is 59.1 cm³/mol. The number of rotatable bonds is 1. The molecular formula is C12H8N2O2. The molecule has 0 N–H and O–H groups in total. The molecule has 16 heavy (non-hydrogen) atoms. The van der Waals surface area contributed by atoms with Crippen LogP contribution in [0.5, 0.6) is 0 Å². The minimum atomic E-state index is -0.455. The number of nitro groups is 1. The zero-order chi connectivity index (χ0) is 11.1. The Kier molecular flexibility index (Phi) is 1.77. The van der Waals surface area contributed by atoms with Crippen LogP contribution in [0.1, 0.15) is 11.3 Å². The van der Waals surface area contributed by atoms with Crippen LogP contribution in [-0.4, -0.2) is 9.91 Å². The molecule has 1 aromatic heterocycles. The Labute approximate surface area is 91.7 Å². The van der Waals surface area contributed by atoms with E-state index in [9.17, 15) is 10.1 Å². The van der Waals surface area contributed by atoms with Gasteiger partial charge < -0.3 is 10.1 Å². The second-order valence-electron chi connectivity index (χ2n) is 3.75. The maximum atomic E-state index is 10.6. The summed E-state index contributed by atoms with van der Waals surface area (Å²) in [7, 11) is 0. The zero-order valence-corrected chi connectivity index (χ0v) is 8.38. The van der Waals surface area contributed by atoms with Gasteiger partial charge in [0.15, 0.2) is 5.69 Å². The third kappa shape index (κ3) is 1.20. The maximum absolute atomic E-state index is 10.6. The lowest BCUT2D eigenvalue weighted by Crippen LogP contribution is -1.95. The highest BCUT2D eigenvalue weighted by molar-refractivity contribution is 5.75. The van der Waals surface area contributed by atoms with Gasteiger partial charge in [-0.3, -0.25) is 0 Å². The first-order chi connectivity index (χ1) is 7.75. The minimum absolute atomic E-state index is 0.0773. The summed E-state index contributed by atoms with van der Waals surface area (Å²) in [4.78, 5) is 14.2. The average molecular weight is 212 g/mol. The molecule has 1 aliphatic rings. The summed E-state index contributed by atoms with van der Waals surface area (Å²) < 4.78 is 0. The highest BCUT2D eigenvalue weighted by Crippen LogP contribution is 2.35. The van der Waals surface area contributed by atoms with Crippen LogP contribution >= 0.6 is 0 Å². The van der Waals surface area contributed by atoms with Gasteiger partial charge in [0.05, 0.1) is 0 Å². The van der Waals surface area contributed by atoms with Crippen LogP contribution in [0.15, 0.2) is 36.4 Å². The fourth-order valence-corrected chi connectivity index (χ4v) is 2.09. The quantitative estimate of drug-likeness (QED) is 0.460. The Balaban J connectivity index is 2.18. The number of nitrogens with zero attached hydrogens (tertiary/aromatic N) is 2. The van der Waals surface area contributed by atoms with Crippen molar-refractivity contribution >= 4 is 5.82 Å². The van der Waals surface area contributed by atoms with Gasteiger partial charge in [0.2, 0.25) is 0 Å². The first-order valence-electron chi connectivity index (χ1n) is 4.98. The molecule has 0 aliphatic heterocycles. The fraction of sp³-hybridized carbons (Fsp3) is 0.0833. The first kappa shape index (κ1) is 9.03. The standard InChI is InChI=1S/C12H8N2O2/c15-14(16)12-6-5-10-9-4-2-1-3-8(9)7-11(10)13-12/h1-6H,7H2. The normalized spacial score (nSPS) is 12.0. The van der Waals surface area contributed by atoms with Crippen molar-refractivity contribution in [3.63, 3.8) is 0 Å². The van der Waals surface area contributed by atoms with E-state index in [2.05, 4.69) is 4.98 Å². The number of hydrogen-bond donors (Lipinski definition) is 0. The molecular weight excluding hydrogens is 204 g/mol. The molecule has 0 atom stereocenters. The monoisotopic (exact) mass is 212 g/mol. The third-order valence-corrected chi connectivity index (χ3v) is 2.81. The molecule has 4 nitrogen and oxygen atoms in total. The van der Waals surface area contributed by atoms with Crippen LogP contribution in [0.4, 0.5) is 5.82 Å². The Hall–Kier alpha value is -2.23. The summed E-state index contributed by atoms with van der Waals surface area (Å²) in [6, 6.07) is 11.2. The summed E-state index contributed by atoms with van der Waals surface area (Å²) in [6.07, 6.45) is 0.688. The summed E-state index contributed by atoms with van der Waals surface area (Å²) in [5, 5.41) is 10.6. The molecule has 0 spiro atoms. The van der Waals surface area contributed by atoms with Crippen molar-refractivity contribution in [3.8, 4) is 11.1 Å². The molecule has 1 heterocycles. The first-order valence-corrected chi connectivity index (χ1v) is 4.98. The number of benzene rings is 1. The smallest absolute Gasteiger partial charge is 0.358 e. The molecule has 1 aliphatic carbocycles. The van der Waals surface area contributed by atoms with Crippen molar-refractivity contribution in [3.05, 3.63) is 57.8 Å². The van der Waals surface area contributed by atoms with Crippen LogP contribution in [0.2, 0.25) is 0 Å². The summed E-state index contributed by atoms with van der Waals surface area (Å²) in [5.74, 6) is -0.0773. The third-order valence-electron chi connectivity index (χ3n) is 2.81. The molecule has 0 bridgehead atoms. The van der Waals surface area contributed by atoms with Crippen LogP contribution in [0.25, 0.3) is 11.1 Å². The molecule has 1 aromatic carbocycles. The van der Waals surface area contributed by atoms with E-state index in [1.165, 1.54) is 11.6 Å². The Morgan fingerprint density at radius 2 is 1.94 bits per heavy atom. The van der Waals surface area contributed by atoms with Crippen molar-refractivity contribution in [1.82, 2.24) is 4.98 Å². The van der Waals surface area contributed by atoms with E-state index in [4.69, 9.17) is 0 Å². The van der Waals surface area contributed by atoms with Gasteiger partial charge in [-0.2, -0.15) is 0 Å². The minimum Gasteiger partial charge on any atom is -0.358 e. The lowest BCUT2D eigenvalue weighted by Gasteiger charge is -1.97. The maximum Gasteiger partial charge on any atom is 0.363 e. The second kappa shape index (κ2) is 3.13. The Morgan fingerprint density at radius 3 is 2.75 bits per heavy atom. The van der Waals surface area contributed by atoms with E-state index < -0.39 is 4.92 Å². The molecule has 0 saturated carbocycles. The Morgan fingerprint density at radius 1 is 1.12 bits per heavy atom. The van der Waals surface area contributed by atoms with Gasteiger partial charge in [-0.15, -0.1) is 0 Å². The Bertz CT molecular complexity index is 593. The molecule has 3 rings (SSSR count). The fourth-order valence-electron chi connectivity index (χ4n) is 2.09. The van der Waals surface area contributed by atoms with Crippen molar-refractivity contribution in [2.24, 2.45) is 0 Å². The number of pyridine rings is 1. The highest BCUT2D eigenvalue weighted by Gasteiger charge is 2.24. The van der Waals surface area contributed by atoms with Crippen molar-refractivity contribution in [1.29, 1.82) is 0 Å². The molecule has 0 unspecified atom stereocenters. The lowest BCUT2D eigenvalue weighted by atomic mass is 10.1. The average Bonchev–Trinajstić information content (AvgIpc) is 2.66. The van der Waals surface area contributed by atoms with Crippen LogP contribution < -0.4 is 0 Å². The van der Waals surface area contributed by atoms with Crippen molar-refractivity contribution in [2.75, 3.05) is 0 Å². The van der Waals surface area contributed by atoms with Gasteiger partial charge in [0, 0.05) is 18.1 Å². The van der Waals surface area contributed by atoms with Crippen LogP contribution in [0.3, 0.4) is 0 Å². The number of aromatic nitrogens is 1. The zero-order valence-electron chi connectivity index (χ0n) is 8.38. The number of hydrogen-bond acceptors (Lipinski definition) is 3. The van der Waals surface area contributed by atoms with Gasteiger partial charge >= 0.3 is 5.82 Å². The van der Waals surface area contributed by atoms with E-state index in [0.717, 1.165) is 16.8 Å². The number of fused-ring (bicyclic) bond motifs is 3. The summed E-state index contributed by atoms with van der Waals surface area (Å²) in [6.45, 7) is 0. The van der Waals surface area contributed by atoms with Gasteiger partial charge in [-0.1, -0.05) is 24.3 Å². The molecule has 0 saturated heterocycles. The lowest BCUT2D eigenvalue weighted by molar-refractivity contribution is -0.389. The van der Waals surface area contributed by atoms with E-state index >= 15 is 0 Å². The topological polar surface area (TPSA) is 56.0 Å². The SMILES string of the molecule is O=[N+]([O-])c1ccc2c(n1)Cc1ccccc1-2. The molecule has 2 aromatic rings. The van der Waals surface area contributed by atoms with Gasteiger partial charge in [0.1, 0.15) is 0 Å². The molecule has 0 amide bonds. The van der Waals surface area contributed by atoms with E-state index in [0.29, 0.717) is 6.42 Å². The van der Waals surface area contributed by atoms with Crippen LogP contribution in [-0.2, 0) is 6.42 Å². The largest absolute Gasteiger partial charge is 0.363 e. The van der Waals surface area contributed by atoms with Crippen LogP contribution in [0, 0.1) is 10.1 Å². The summed E-state index contributed by atoms with van der Waals surface area (Å²) >= 11 is 0. The second-order valence-corrected chi connectivity index (χ2v) is 3.75. The van der Waals surface area contributed by atoms with Crippen molar-refractivity contribution in [2.45, 2.75) is 6.42 Å². The van der Waals surface area contributed by atoms with Gasteiger partial charge in [-0.25, -0.2) is 0 Å². The predicted octanol–water partition coefficient (Wildman–Crippen LogP) is 2.56. The summed E-state index contributed by atoms with van der Waals surface area (Å²) in [5.41, 5.74) is 4.14. The van der Waals surface area contributed by atoms with E-state index in [-0.39, 0.29) is 5.82 Å². The van der Waals surface area contributed by atoms with Gasteiger partial charge in [0.25, 0.3) is 0 Å². The van der Waals surface area contributed by atoms with E-state index in [1.54, 1.807) is 6.07 Å².